The third kappa shape index (κ3) is 6.69. The fourth-order valence-corrected chi connectivity index (χ4v) is 5.85. The van der Waals surface area contributed by atoms with Crippen molar-refractivity contribution in [2.24, 2.45) is 4.99 Å². The Bertz CT molecular complexity index is 1120. The van der Waals surface area contributed by atoms with Crippen molar-refractivity contribution in [2.45, 2.75) is 13.5 Å². The third-order valence-corrected chi connectivity index (χ3v) is 7.49. The molecule has 1 fully saturated rings. The molecule has 170 valence electrons. The predicted molar refractivity (Wildman–Crippen MR) is 121 cm³/mol. The number of thiazole rings is 1. The number of hydrogen-bond acceptors (Lipinski definition) is 7. The van der Waals surface area contributed by atoms with Crippen LogP contribution in [0, 0.1) is 0 Å². The van der Waals surface area contributed by atoms with Crippen LogP contribution in [0.4, 0.5) is 0 Å². The number of aromatic nitrogens is 1. The summed E-state index contributed by atoms with van der Waals surface area (Å²) in [6.07, 6.45) is 0. The van der Waals surface area contributed by atoms with Crippen LogP contribution in [0.2, 0.25) is 0 Å². The minimum absolute atomic E-state index is 0.351. The second kappa shape index (κ2) is 10.8. The van der Waals surface area contributed by atoms with Gasteiger partial charge in [-0.05, 0) is 25.1 Å². The number of amides is 2. The lowest BCUT2D eigenvalue weighted by Crippen LogP contribution is -2.43. The quantitative estimate of drug-likeness (QED) is 0.472. The first-order valence-corrected chi connectivity index (χ1v) is 13.2. The Morgan fingerprint density at radius 3 is 2.71 bits per heavy atom. The van der Waals surface area contributed by atoms with Gasteiger partial charge in [-0.3, -0.25) is 9.59 Å². The van der Waals surface area contributed by atoms with E-state index in [1.165, 1.54) is 16.2 Å². The van der Waals surface area contributed by atoms with E-state index in [1.54, 1.807) is 0 Å². The van der Waals surface area contributed by atoms with Gasteiger partial charge in [-0.2, -0.15) is 4.99 Å². The van der Waals surface area contributed by atoms with Crippen LogP contribution in [0.5, 0.6) is 0 Å². The smallest absolute Gasteiger partial charge is 0.263 e. The molecule has 1 saturated heterocycles. The van der Waals surface area contributed by atoms with Gasteiger partial charge in [-0.1, -0.05) is 27.3 Å². The number of nitrogens with zero attached hydrogens (tertiary/aromatic N) is 3. The van der Waals surface area contributed by atoms with Gasteiger partial charge in [0.25, 0.3) is 5.91 Å². The first kappa shape index (κ1) is 24.1. The number of benzene rings is 1. The monoisotopic (exact) mass is 533 g/mol. The number of carbonyl (C=O) groups is 2. The van der Waals surface area contributed by atoms with Crippen LogP contribution in [0.1, 0.15) is 6.92 Å². The molecule has 0 N–H and O–H groups in total. The molecule has 1 aliphatic heterocycles. The Labute approximate surface area is 192 Å². The maximum Gasteiger partial charge on any atom is 0.263 e. The van der Waals surface area contributed by atoms with E-state index in [-0.39, 0.29) is 0 Å². The van der Waals surface area contributed by atoms with Crippen molar-refractivity contribution in [3.8, 4) is 0 Å². The topological polar surface area (TPSA) is 107 Å². The lowest BCUT2D eigenvalue weighted by molar-refractivity contribution is -0.132. The van der Waals surface area contributed by atoms with Gasteiger partial charge in [-0.25, -0.2) is 8.42 Å². The van der Waals surface area contributed by atoms with Crippen molar-refractivity contribution < 1.29 is 27.5 Å². The molecular weight excluding hydrogens is 510 g/mol. The SMILES string of the molecule is CCOCCn1c(=NC(=O)CS(=O)(=O)CC(=O)N2CCOCC2)sc2cc(Br)ccc21. The summed E-state index contributed by atoms with van der Waals surface area (Å²) in [7, 11) is -3.93. The number of carbonyl (C=O) groups excluding carboxylic acids is 2. The highest BCUT2D eigenvalue weighted by Gasteiger charge is 2.25. The summed E-state index contributed by atoms with van der Waals surface area (Å²) in [6.45, 7) is 4.83. The lowest BCUT2D eigenvalue weighted by Gasteiger charge is -2.26. The number of rotatable bonds is 8. The molecular formula is C19H24BrN3O6S2. The molecule has 1 aliphatic rings. The molecule has 12 heteroatoms. The molecule has 0 saturated carbocycles. The number of sulfone groups is 1. The van der Waals surface area contributed by atoms with Crippen LogP contribution < -0.4 is 4.80 Å². The Kier molecular flexibility index (Phi) is 8.39. The normalized spacial score (nSPS) is 15.5. The minimum Gasteiger partial charge on any atom is -0.380 e. The summed E-state index contributed by atoms with van der Waals surface area (Å²) in [5.41, 5.74) is 0.879. The van der Waals surface area contributed by atoms with Gasteiger partial charge in [0.2, 0.25) is 5.91 Å². The molecule has 0 radical (unpaired) electrons. The summed E-state index contributed by atoms with van der Waals surface area (Å²) >= 11 is 4.72. The van der Waals surface area contributed by atoms with Gasteiger partial charge < -0.3 is 18.9 Å². The van der Waals surface area contributed by atoms with Crippen molar-refractivity contribution in [1.29, 1.82) is 0 Å². The van der Waals surface area contributed by atoms with E-state index in [2.05, 4.69) is 20.9 Å². The van der Waals surface area contributed by atoms with Crippen LogP contribution >= 0.6 is 27.3 Å². The van der Waals surface area contributed by atoms with Crippen LogP contribution in [-0.4, -0.2) is 80.7 Å². The van der Waals surface area contributed by atoms with E-state index >= 15 is 0 Å². The molecule has 0 bridgehead atoms. The summed E-state index contributed by atoms with van der Waals surface area (Å²) in [5.74, 6) is -2.84. The van der Waals surface area contributed by atoms with E-state index in [0.29, 0.717) is 50.9 Å². The van der Waals surface area contributed by atoms with Crippen molar-refractivity contribution in [3.63, 3.8) is 0 Å². The van der Waals surface area contributed by atoms with Crippen LogP contribution in [0.25, 0.3) is 10.2 Å². The number of morpholine rings is 1. The Balaban J connectivity index is 1.78. The average molecular weight is 534 g/mol. The average Bonchev–Trinajstić information content (AvgIpc) is 3.03. The van der Waals surface area contributed by atoms with Gasteiger partial charge in [-0.15, -0.1) is 0 Å². The number of ether oxygens (including phenoxy) is 2. The molecule has 0 atom stereocenters. The van der Waals surface area contributed by atoms with Crippen molar-refractivity contribution in [3.05, 3.63) is 27.5 Å². The van der Waals surface area contributed by atoms with E-state index in [9.17, 15) is 18.0 Å². The summed E-state index contributed by atoms with van der Waals surface area (Å²) < 4.78 is 39.0. The molecule has 0 unspecified atom stereocenters. The second-order valence-electron chi connectivity index (χ2n) is 6.88. The highest BCUT2D eigenvalue weighted by molar-refractivity contribution is 9.10. The van der Waals surface area contributed by atoms with E-state index in [4.69, 9.17) is 9.47 Å². The zero-order chi connectivity index (χ0) is 22.4. The highest BCUT2D eigenvalue weighted by Crippen LogP contribution is 2.22. The summed E-state index contributed by atoms with van der Waals surface area (Å²) in [4.78, 5) is 30.6. The van der Waals surface area contributed by atoms with Crippen LogP contribution in [-0.2, 0) is 35.4 Å². The van der Waals surface area contributed by atoms with Gasteiger partial charge in [0, 0.05) is 30.7 Å². The fourth-order valence-electron chi connectivity index (χ4n) is 3.12. The number of halogens is 1. The predicted octanol–water partition coefficient (Wildman–Crippen LogP) is 1.20. The van der Waals surface area contributed by atoms with E-state index in [1.807, 2.05) is 29.7 Å². The Morgan fingerprint density at radius 1 is 1.26 bits per heavy atom. The van der Waals surface area contributed by atoms with Gasteiger partial charge in [0.1, 0.15) is 11.5 Å². The molecule has 2 aromatic rings. The number of hydrogen-bond donors (Lipinski definition) is 0. The third-order valence-electron chi connectivity index (χ3n) is 4.58. The fraction of sp³-hybridized carbons (Fsp3) is 0.526. The molecule has 2 amide bonds. The second-order valence-corrected chi connectivity index (χ2v) is 10.9. The molecule has 31 heavy (non-hydrogen) atoms. The van der Waals surface area contributed by atoms with Crippen molar-refractivity contribution in [2.75, 3.05) is 51.0 Å². The highest BCUT2D eigenvalue weighted by atomic mass is 79.9. The standard InChI is InChI=1S/C19H24BrN3O6S2/c1-2-28-10-7-23-15-4-3-14(20)11-16(15)30-19(23)21-17(24)12-31(26,27)13-18(25)22-5-8-29-9-6-22/h3-4,11H,2,5-10,12-13H2,1H3. The van der Waals surface area contributed by atoms with Crippen LogP contribution in [0.15, 0.2) is 27.7 Å². The maximum atomic E-state index is 12.5. The Morgan fingerprint density at radius 2 is 2.00 bits per heavy atom. The number of fused-ring (bicyclic) bond motifs is 1. The molecule has 0 spiro atoms. The zero-order valence-electron chi connectivity index (χ0n) is 17.1. The van der Waals surface area contributed by atoms with Crippen molar-refractivity contribution in [1.82, 2.24) is 9.47 Å². The van der Waals surface area contributed by atoms with E-state index < -0.39 is 33.2 Å². The maximum absolute atomic E-state index is 12.5. The zero-order valence-corrected chi connectivity index (χ0v) is 20.3. The lowest BCUT2D eigenvalue weighted by atomic mass is 10.3. The first-order chi connectivity index (χ1) is 14.8. The molecule has 2 heterocycles. The Hall–Kier alpha value is -1.60. The largest absolute Gasteiger partial charge is 0.380 e. The van der Waals surface area contributed by atoms with Crippen LogP contribution in [0.3, 0.4) is 0 Å². The molecule has 1 aromatic heterocycles. The molecule has 1 aromatic carbocycles. The molecule has 9 nitrogen and oxygen atoms in total. The van der Waals surface area contributed by atoms with Gasteiger partial charge in [0.05, 0.1) is 30.0 Å². The van der Waals surface area contributed by atoms with Crippen molar-refractivity contribution >= 4 is 59.1 Å². The first-order valence-electron chi connectivity index (χ1n) is 9.79. The van der Waals surface area contributed by atoms with Gasteiger partial charge >= 0.3 is 0 Å². The molecule has 0 aliphatic carbocycles. The molecule has 3 rings (SSSR count). The summed E-state index contributed by atoms with van der Waals surface area (Å²) in [5, 5.41) is 0. The van der Waals surface area contributed by atoms with Gasteiger partial charge in [0.15, 0.2) is 14.6 Å². The van der Waals surface area contributed by atoms with E-state index in [0.717, 1.165) is 14.7 Å². The summed E-state index contributed by atoms with van der Waals surface area (Å²) in [6, 6.07) is 5.71. The minimum atomic E-state index is -3.93.